The molecule has 0 saturated carbocycles. The van der Waals surface area contributed by atoms with Gasteiger partial charge in [0.25, 0.3) is 11.9 Å². The van der Waals surface area contributed by atoms with Crippen LogP contribution in [0.4, 0.5) is 34.5 Å². The van der Waals surface area contributed by atoms with E-state index in [1.807, 2.05) is 31.2 Å². The van der Waals surface area contributed by atoms with Crippen molar-refractivity contribution in [2.24, 2.45) is 20.5 Å². The molecule has 0 amide bonds. The molecule has 6 aromatic rings. The first-order valence-corrected chi connectivity index (χ1v) is 17.4. The number of nitrogens with one attached hydrogen (secondary N) is 1. The fraction of sp³-hybridized carbons (Fsp3) is 0.162. The predicted octanol–water partition coefficient (Wildman–Crippen LogP) is 5.26. The fourth-order valence-electron chi connectivity index (χ4n) is 5.46. The molecule has 2 aromatic carbocycles. The lowest BCUT2D eigenvalue weighted by atomic mass is 10.2. The van der Waals surface area contributed by atoms with E-state index < -0.39 is 11.9 Å². The van der Waals surface area contributed by atoms with E-state index in [0.717, 1.165) is 10.9 Å². The van der Waals surface area contributed by atoms with E-state index in [1.165, 1.54) is 43.0 Å². The minimum atomic E-state index is -0.812. The zero-order valence-corrected chi connectivity index (χ0v) is 32.4. The fourth-order valence-corrected chi connectivity index (χ4v) is 5.46. The minimum Gasteiger partial charge on any atom is -0.467 e. The Hall–Kier alpha value is -8.43. The Labute approximate surface area is 335 Å². The third-order valence-corrected chi connectivity index (χ3v) is 8.46. The van der Waals surface area contributed by atoms with Gasteiger partial charge >= 0.3 is 17.9 Å². The molecule has 4 heterocycles. The van der Waals surface area contributed by atoms with Crippen molar-refractivity contribution in [3.63, 3.8) is 0 Å². The van der Waals surface area contributed by atoms with Crippen LogP contribution >= 0.6 is 0 Å². The second kappa shape index (κ2) is 17.6. The average molecular weight is 800 g/mol. The Balaban J connectivity index is 1.42. The predicted molar refractivity (Wildman–Crippen MR) is 215 cm³/mol. The van der Waals surface area contributed by atoms with Crippen molar-refractivity contribution in [2.45, 2.75) is 13.3 Å². The number of para-hydroxylation sites is 2. The molecule has 0 aliphatic rings. The Kier molecular flexibility index (Phi) is 12.0. The highest BCUT2D eigenvalue weighted by Crippen LogP contribution is 2.35. The van der Waals surface area contributed by atoms with E-state index in [-0.39, 0.29) is 69.4 Å². The summed E-state index contributed by atoms with van der Waals surface area (Å²) in [6.45, 7) is 5.67. The lowest BCUT2D eigenvalue weighted by molar-refractivity contribution is -0.135. The van der Waals surface area contributed by atoms with Crippen molar-refractivity contribution in [3.05, 3.63) is 102 Å². The van der Waals surface area contributed by atoms with Crippen molar-refractivity contribution in [1.82, 2.24) is 44.3 Å². The van der Waals surface area contributed by atoms with Crippen molar-refractivity contribution in [2.75, 3.05) is 44.7 Å². The summed E-state index contributed by atoms with van der Waals surface area (Å²) in [5.41, 5.74) is 15.2. The number of rotatable bonds is 15. The number of benzene rings is 2. The molecular formula is C37H37N17O5. The van der Waals surface area contributed by atoms with Crippen LogP contribution in [0.25, 0.3) is 23.7 Å². The molecule has 0 bridgehead atoms. The third-order valence-electron chi connectivity index (χ3n) is 8.46. The van der Waals surface area contributed by atoms with Gasteiger partial charge in [0.2, 0.25) is 0 Å². The number of nitrogens with zero attached hydrogens (tertiary/aromatic N) is 14. The van der Waals surface area contributed by atoms with Gasteiger partial charge in [0.15, 0.2) is 34.6 Å². The zero-order valence-electron chi connectivity index (χ0n) is 32.4. The highest BCUT2D eigenvalue weighted by atomic mass is 16.5. The van der Waals surface area contributed by atoms with Crippen LogP contribution in [-0.4, -0.2) is 90.8 Å². The highest BCUT2D eigenvalue weighted by Gasteiger charge is 2.25. The lowest BCUT2D eigenvalue weighted by Crippen LogP contribution is -2.21. The van der Waals surface area contributed by atoms with Crippen LogP contribution in [0.15, 0.2) is 105 Å². The number of nitrogen functional groups attached to an aromatic ring is 2. The number of anilines is 3. The van der Waals surface area contributed by atoms with E-state index in [1.54, 1.807) is 48.3 Å². The third kappa shape index (κ3) is 7.98. The zero-order chi connectivity index (χ0) is 42.2. The second-order valence-corrected chi connectivity index (χ2v) is 11.9. The van der Waals surface area contributed by atoms with Gasteiger partial charge in [-0.15, -0.1) is 20.5 Å². The summed E-state index contributed by atoms with van der Waals surface area (Å²) in [4.78, 5) is 40.1. The molecule has 0 fully saturated rings. The molecule has 5 N–H and O–H groups in total. The Bertz CT molecular complexity index is 2630. The number of azo groups is 2. The van der Waals surface area contributed by atoms with E-state index in [4.69, 9.17) is 31.1 Å². The first-order chi connectivity index (χ1) is 28.6. The number of carbonyl (C=O) groups excluding carboxylic acids is 2. The smallest absolute Gasteiger partial charge is 0.343 e. The Morgan fingerprint density at radius 2 is 1.51 bits per heavy atom. The summed E-state index contributed by atoms with van der Waals surface area (Å²) in [5.74, 6) is -1.75. The molecule has 0 saturated heterocycles. The summed E-state index contributed by atoms with van der Waals surface area (Å²) < 4.78 is 19.1. The summed E-state index contributed by atoms with van der Waals surface area (Å²) in [5, 5.41) is 38.9. The summed E-state index contributed by atoms with van der Waals surface area (Å²) in [6, 6.07) is 17.9. The van der Waals surface area contributed by atoms with Crippen molar-refractivity contribution in [1.29, 1.82) is 5.41 Å². The number of aromatic nitrogens is 9. The van der Waals surface area contributed by atoms with E-state index in [9.17, 15) is 9.59 Å². The van der Waals surface area contributed by atoms with Gasteiger partial charge in [0.05, 0.1) is 38.9 Å². The number of aryl methyl sites for hydroxylation is 1. The number of esters is 2. The van der Waals surface area contributed by atoms with Gasteiger partial charge in [-0.2, -0.15) is 39.6 Å². The number of nitrogens with two attached hydrogens (primary N) is 2. The van der Waals surface area contributed by atoms with Gasteiger partial charge in [-0.05, 0) is 36.8 Å². The van der Waals surface area contributed by atoms with Crippen molar-refractivity contribution >= 4 is 58.7 Å². The lowest BCUT2D eigenvalue weighted by Gasteiger charge is -2.20. The standard InChI is InChI=1S/C37H37N17O5/c1-7-25-27(45-47-31(23(19-38)33(55)57-4)51(3)21-15-11-9-12-16-21)29(39)53(49-25)35-42-36(44-37(43-35)59-6)54-30(40)28(26(8-2)50-54)46-48-32-24(34(56)58-5)20-41-52(32)22-17-13-10-14-18-22/h7,9-20,38H,1,8,39-40H2,2-6H3/b31-23+,38-19?,47-45?,48-46?. The number of carbonyl (C=O) groups is 2. The van der Waals surface area contributed by atoms with Gasteiger partial charge in [-0.3, -0.25) is 0 Å². The minimum absolute atomic E-state index is 0.0145. The topological polar surface area (TPSA) is 283 Å². The number of hydrogen-bond donors (Lipinski definition) is 3. The van der Waals surface area contributed by atoms with E-state index in [2.05, 4.69) is 57.3 Å². The maximum atomic E-state index is 12.7. The SMILES string of the molecule is C=Cc1nn(-c2nc(OC)nc(-n3nc(CC)c(N=Nc4c(C(=O)OC)cnn4-c4ccccc4)c3N)n2)c(N)c1N=N/C(=C(/C=N)C(=O)OC)N(C)c1ccccc1. The number of methoxy groups -OCH3 is 3. The van der Waals surface area contributed by atoms with Crippen LogP contribution in [0.3, 0.4) is 0 Å². The molecule has 0 aliphatic carbocycles. The van der Waals surface area contributed by atoms with Crippen LogP contribution in [0, 0.1) is 5.41 Å². The largest absolute Gasteiger partial charge is 0.467 e. The van der Waals surface area contributed by atoms with Crippen LogP contribution < -0.4 is 21.1 Å². The highest BCUT2D eigenvalue weighted by molar-refractivity contribution is 6.09. The van der Waals surface area contributed by atoms with Crippen LogP contribution in [0.1, 0.15) is 28.7 Å². The normalized spacial score (nSPS) is 11.7. The van der Waals surface area contributed by atoms with E-state index in [0.29, 0.717) is 23.5 Å². The summed E-state index contributed by atoms with van der Waals surface area (Å²) in [7, 11) is 5.43. The van der Waals surface area contributed by atoms with Gasteiger partial charge < -0.3 is 36.0 Å². The second-order valence-electron chi connectivity index (χ2n) is 11.9. The molecule has 22 heteroatoms. The van der Waals surface area contributed by atoms with Crippen LogP contribution in [-0.2, 0) is 20.7 Å². The Morgan fingerprint density at radius 3 is 2.10 bits per heavy atom. The molecule has 0 aliphatic heterocycles. The summed E-state index contributed by atoms with van der Waals surface area (Å²) in [6.07, 6.45) is 3.89. The van der Waals surface area contributed by atoms with Gasteiger partial charge in [-0.25, -0.2) is 14.3 Å². The van der Waals surface area contributed by atoms with E-state index >= 15 is 0 Å². The van der Waals surface area contributed by atoms with Crippen LogP contribution in [0.2, 0.25) is 0 Å². The van der Waals surface area contributed by atoms with Gasteiger partial charge in [0, 0.05) is 18.9 Å². The molecule has 6 rings (SSSR count). The summed E-state index contributed by atoms with van der Waals surface area (Å²) >= 11 is 0. The molecule has 0 radical (unpaired) electrons. The molecule has 0 spiro atoms. The molecular weight excluding hydrogens is 763 g/mol. The molecule has 22 nitrogen and oxygen atoms in total. The molecule has 300 valence electrons. The number of hydrogen-bond acceptors (Lipinski definition) is 19. The van der Waals surface area contributed by atoms with Crippen LogP contribution in [0.5, 0.6) is 6.01 Å². The molecule has 4 aromatic heterocycles. The Morgan fingerprint density at radius 1 is 0.864 bits per heavy atom. The maximum absolute atomic E-state index is 12.7. The molecule has 0 unspecified atom stereocenters. The first-order valence-electron chi connectivity index (χ1n) is 17.4. The molecule has 0 atom stereocenters. The average Bonchev–Trinajstić information content (AvgIpc) is 3.95. The van der Waals surface area contributed by atoms with Gasteiger partial charge in [0.1, 0.15) is 16.8 Å². The number of ether oxygens (including phenoxy) is 3. The van der Waals surface area contributed by atoms with Crippen molar-refractivity contribution < 1.29 is 23.8 Å². The van der Waals surface area contributed by atoms with Crippen molar-refractivity contribution in [3.8, 4) is 23.6 Å². The maximum Gasteiger partial charge on any atom is 0.343 e. The quantitative estimate of drug-likeness (QED) is 0.0517. The molecule has 59 heavy (non-hydrogen) atoms. The van der Waals surface area contributed by atoms with Gasteiger partial charge in [-0.1, -0.05) is 49.9 Å². The first kappa shape index (κ1) is 40.2. The monoisotopic (exact) mass is 799 g/mol.